The van der Waals surface area contributed by atoms with E-state index in [-0.39, 0.29) is 0 Å². The van der Waals surface area contributed by atoms with E-state index in [2.05, 4.69) is 62.0 Å². The number of allylic oxidation sites excluding steroid dienone is 1. The maximum Gasteiger partial charge on any atom is -0.0159 e. The molecule has 30 heavy (non-hydrogen) atoms. The highest BCUT2D eigenvalue weighted by molar-refractivity contribution is 5.64. The highest BCUT2D eigenvalue weighted by Crippen LogP contribution is 2.48. The Morgan fingerprint density at radius 3 is 2.20 bits per heavy atom. The van der Waals surface area contributed by atoms with Crippen molar-refractivity contribution in [1.29, 1.82) is 0 Å². The van der Waals surface area contributed by atoms with Gasteiger partial charge in [-0.25, -0.2) is 0 Å². The van der Waals surface area contributed by atoms with Gasteiger partial charge in [-0.15, -0.1) is 6.58 Å². The summed E-state index contributed by atoms with van der Waals surface area (Å²) in [5.74, 6) is 3.83. The van der Waals surface area contributed by atoms with Crippen molar-refractivity contribution in [2.75, 3.05) is 0 Å². The summed E-state index contributed by atoms with van der Waals surface area (Å²) in [5.41, 5.74) is 5.65. The highest BCUT2D eigenvalue weighted by Gasteiger charge is 2.35. The van der Waals surface area contributed by atoms with E-state index in [4.69, 9.17) is 0 Å². The Hall–Kier alpha value is -1.82. The number of fused-ring (bicyclic) bond motifs is 1. The number of rotatable bonds is 8. The van der Waals surface area contributed by atoms with E-state index in [0.717, 1.165) is 36.5 Å². The van der Waals surface area contributed by atoms with Crippen molar-refractivity contribution in [3.05, 3.63) is 72.3 Å². The van der Waals surface area contributed by atoms with Crippen molar-refractivity contribution in [1.82, 2.24) is 0 Å². The smallest absolute Gasteiger partial charge is 0.0159 e. The van der Waals surface area contributed by atoms with Crippen molar-refractivity contribution in [2.45, 2.75) is 83.5 Å². The molecule has 0 aliphatic heterocycles. The quantitative estimate of drug-likeness (QED) is 0.388. The first-order valence-electron chi connectivity index (χ1n) is 12.6. The molecule has 0 N–H and O–H groups in total. The van der Waals surface area contributed by atoms with Gasteiger partial charge in [0.2, 0.25) is 0 Å². The summed E-state index contributed by atoms with van der Waals surface area (Å²) in [5, 5.41) is 0. The second-order valence-corrected chi connectivity index (χ2v) is 10.00. The summed E-state index contributed by atoms with van der Waals surface area (Å²) in [6.45, 7) is 6.16. The second-order valence-electron chi connectivity index (χ2n) is 10.00. The summed E-state index contributed by atoms with van der Waals surface area (Å²) in [4.78, 5) is 0. The highest BCUT2D eigenvalue weighted by atomic mass is 14.4. The maximum absolute atomic E-state index is 3.82. The molecule has 0 spiro atoms. The van der Waals surface area contributed by atoms with Crippen LogP contribution in [0.2, 0.25) is 0 Å². The van der Waals surface area contributed by atoms with E-state index in [9.17, 15) is 0 Å². The molecule has 0 bridgehead atoms. The minimum absolute atomic E-state index is 0.786. The van der Waals surface area contributed by atoms with E-state index >= 15 is 0 Å². The van der Waals surface area contributed by atoms with Gasteiger partial charge in [-0.3, -0.25) is 0 Å². The molecule has 2 saturated carbocycles. The molecule has 4 rings (SSSR count). The standard InChI is InChI=1S/C30H40/c1-3-5-7-23-9-12-25(13-10-23)26-15-17-27(18-16-26)29-20-19-28-21-24(8-6-4-2)11-14-30(28)22-29/h3,9-10,12-13,15-18,24,28-30H,1,4-8,11,14,19-22H2,2H3/t24?,28-,29-,30-/m1/s1. The molecule has 2 aliphatic rings. The molecule has 0 radical (unpaired) electrons. The van der Waals surface area contributed by atoms with Crippen LogP contribution in [0.4, 0.5) is 0 Å². The molecule has 2 aromatic carbocycles. The molecular formula is C30H40. The van der Waals surface area contributed by atoms with Crippen LogP contribution in [0.3, 0.4) is 0 Å². The molecule has 0 aromatic heterocycles. The predicted molar refractivity (Wildman–Crippen MR) is 131 cm³/mol. The number of aryl methyl sites for hydroxylation is 1. The third-order valence-corrected chi connectivity index (χ3v) is 7.99. The summed E-state index contributed by atoms with van der Waals surface area (Å²) < 4.78 is 0. The molecular weight excluding hydrogens is 360 g/mol. The fourth-order valence-electron chi connectivity index (χ4n) is 6.12. The molecule has 4 atom stereocenters. The Balaban J connectivity index is 1.34. The Bertz CT molecular complexity index is 782. The van der Waals surface area contributed by atoms with Crippen LogP contribution in [0.25, 0.3) is 11.1 Å². The summed E-state index contributed by atoms with van der Waals surface area (Å²) in [6, 6.07) is 18.6. The monoisotopic (exact) mass is 400 g/mol. The summed E-state index contributed by atoms with van der Waals surface area (Å²) in [7, 11) is 0. The van der Waals surface area contributed by atoms with Crippen LogP contribution in [0.5, 0.6) is 0 Å². The number of benzene rings is 2. The van der Waals surface area contributed by atoms with Gasteiger partial charge >= 0.3 is 0 Å². The van der Waals surface area contributed by atoms with Crippen LogP contribution in [0.15, 0.2) is 61.2 Å². The normalized spacial score (nSPS) is 26.2. The van der Waals surface area contributed by atoms with Crippen LogP contribution >= 0.6 is 0 Å². The van der Waals surface area contributed by atoms with E-state index < -0.39 is 0 Å². The topological polar surface area (TPSA) is 0 Å². The van der Waals surface area contributed by atoms with Gasteiger partial charge in [-0.05, 0) is 90.9 Å². The summed E-state index contributed by atoms with van der Waals surface area (Å²) in [6.07, 6.45) is 17.2. The van der Waals surface area contributed by atoms with Crippen molar-refractivity contribution >= 4 is 0 Å². The van der Waals surface area contributed by atoms with E-state index in [0.29, 0.717) is 0 Å². The van der Waals surface area contributed by atoms with Gasteiger partial charge < -0.3 is 0 Å². The molecule has 0 heterocycles. The van der Waals surface area contributed by atoms with Crippen LogP contribution in [0.1, 0.15) is 88.2 Å². The van der Waals surface area contributed by atoms with Gasteiger partial charge in [0.1, 0.15) is 0 Å². The largest absolute Gasteiger partial charge is 0.103 e. The lowest BCUT2D eigenvalue weighted by molar-refractivity contribution is 0.113. The minimum Gasteiger partial charge on any atom is -0.103 e. The van der Waals surface area contributed by atoms with Crippen LogP contribution in [-0.4, -0.2) is 0 Å². The van der Waals surface area contributed by atoms with Crippen molar-refractivity contribution in [3.63, 3.8) is 0 Å². The van der Waals surface area contributed by atoms with E-state index in [1.165, 1.54) is 74.5 Å². The first-order chi connectivity index (χ1) is 14.8. The molecule has 2 aromatic rings. The Morgan fingerprint density at radius 1 is 0.833 bits per heavy atom. The molecule has 2 aliphatic carbocycles. The Labute approximate surface area is 184 Å². The molecule has 0 amide bonds. The van der Waals surface area contributed by atoms with Gasteiger partial charge in [0.25, 0.3) is 0 Å². The van der Waals surface area contributed by atoms with Gasteiger partial charge in [0, 0.05) is 0 Å². The first kappa shape index (κ1) is 21.4. The van der Waals surface area contributed by atoms with Gasteiger partial charge in [0.05, 0.1) is 0 Å². The van der Waals surface area contributed by atoms with Gasteiger partial charge in [-0.2, -0.15) is 0 Å². The fraction of sp³-hybridized carbons (Fsp3) is 0.533. The molecule has 0 nitrogen and oxygen atoms in total. The van der Waals surface area contributed by atoms with Gasteiger partial charge in [-0.1, -0.05) is 87.2 Å². The molecule has 160 valence electrons. The van der Waals surface area contributed by atoms with Crippen molar-refractivity contribution < 1.29 is 0 Å². The zero-order valence-electron chi connectivity index (χ0n) is 19.0. The average molecular weight is 401 g/mol. The van der Waals surface area contributed by atoms with Crippen molar-refractivity contribution in [3.8, 4) is 11.1 Å². The second kappa shape index (κ2) is 10.5. The molecule has 0 saturated heterocycles. The summed E-state index contributed by atoms with van der Waals surface area (Å²) >= 11 is 0. The SMILES string of the molecule is C=CCCc1ccc(-c2ccc([C@@H]3CC[C@@H]4CC(CCCC)CC[C@@H]4C3)cc2)cc1. The third kappa shape index (κ3) is 5.26. The number of hydrogen-bond acceptors (Lipinski definition) is 0. The van der Waals surface area contributed by atoms with Crippen LogP contribution in [0, 0.1) is 17.8 Å². The number of hydrogen-bond donors (Lipinski definition) is 0. The van der Waals surface area contributed by atoms with Crippen LogP contribution in [-0.2, 0) is 6.42 Å². The molecule has 0 heteroatoms. The van der Waals surface area contributed by atoms with Gasteiger partial charge in [0.15, 0.2) is 0 Å². The average Bonchev–Trinajstić information content (AvgIpc) is 2.81. The predicted octanol–water partition coefficient (Wildman–Crippen LogP) is 8.96. The minimum atomic E-state index is 0.786. The molecule has 1 unspecified atom stereocenters. The third-order valence-electron chi connectivity index (χ3n) is 7.99. The van der Waals surface area contributed by atoms with E-state index in [1.54, 1.807) is 5.56 Å². The first-order valence-corrected chi connectivity index (χ1v) is 12.6. The fourth-order valence-corrected chi connectivity index (χ4v) is 6.12. The Kier molecular flexibility index (Phi) is 7.47. The van der Waals surface area contributed by atoms with Crippen molar-refractivity contribution in [2.24, 2.45) is 17.8 Å². The lowest BCUT2D eigenvalue weighted by Gasteiger charge is -2.42. The zero-order chi connectivity index (χ0) is 20.8. The zero-order valence-corrected chi connectivity index (χ0v) is 19.0. The maximum atomic E-state index is 3.82. The number of unbranched alkanes of at least 4 members (excludes halogenated alkanes) is 1. The lowest BCUT2D eigenvalue weighted by Crippen LogP contribution is -2.30. The molecule has 2 fully saturated rings. The lowest BCUT2D eigenvalue weighted by atomic mass is 9.63. The van der Waals surface area contributed by atoms with E-state index in [1.807, 2.05) is 6.08 Å². The Morgan fingerprint density at radius 2 is 1.50 bits per heavy atom. The van der Waals surface area contributed by atoms with Crippen LogP contribution < -0.4 is 0 Å².